The Morgan fingerprint density at radius 2 is 2.19 bits per heavy atom. The van der Waals surface area contributed by atoms with E-state index < -0.39 is 5.25 Å². The van der Waals surface area contributed by atoms with Gasteiger partial charge in [0.25, 0.3) is 5.56 Å². The summed E-state index contributed by atoms with van der Waals surface area (Å²) in [6.07, 6.45) is 1.66. The van der Waals surface area contributed by atoms with Gasteiger partial charge in [-0.3, -0.25) is 14.2 Å². The van der Waals surface area contributed by atoms with E-state index in [-0.39, 0.29) is 11.5 Å². The monoisotopic (exact) mass is 399 g/mol. The normalized spacial score (nSPS) is 12.1. The molecule has 0 saturated heterocycles. The molecule has 140 valence electrons. The van der Waals surface area contributed by atoms with Crippen molar-refractivity contribution in [2.75, 3.05) is 5.32 Å². The van der Waals surface area contributed by atoms with Crippen molar-refractivity contribution in [3.8, 4) is 0 Å². The van der Waals surface area contributed by atoms with E-state index in [2.05, 4.69) is 16.9 Å². The summed E-state index contributed by atoms with van der Waals surface area (Å²) in [6.45, 7) is 9.83. The molecule has 1 amide bonds. The van der Waals surface area contributed by atoms with E-state index in [1.807, 2.05) is 44.4 Å². The summed E-state index contributed by atoms with van der Waals surface area (Å²) in [5, 5.41) is 5.54. The minimum atomic E-state index is -0.412. The van der Waals surface area contributed by atoms with E-state index in [1.165, 1.54) is 23.1 Å². The van der Waals surface area contributed by atoms with Crippen molar-refractivity contribution < 1.29 is 4.79 Å². The van der Waals surface area contributed by atoms with Gasteiger partial charge in [-0.05, 0) is 49.4 Å². The summed E-state index contributed by atoms with van der Waals surface area (Å²) in [4.78, 5) is 30.7. The van der Waals surface area contributed by atoms with Crippen LogP contribution >= 0.6 is 23.1 Å². The molecular formula is C20H21N3O2S2. The summed E-state index contributed by atoms with van der Waals surface area (Å²) >= 11 is 2.70. The number of nitrogens with one attached hydrogen (secondary N) is 1. The topological polar surface area (TPSA) is 64.0 Å². The van der Waals surface area contributed by atoms with Crippen LogP contribution in [0.2, 0.25) is 0 Å². The molecule has 1 atom stereocenters. The van der Waals surface area contributed by atoms with Crippen LogP contribution in [0.25, 0.3) is 10.2 Å². The van der Waals surface area contributed by atoms with Crippen molar-refractivity contribution in [3.05, 3.63) is 63.8 Å². The van der Waals surface area contributed by atoms with E-state index in [4.69, 9.17) is 0 Å². The Labute approximate surface area is 166 Å². The quantitative estimate of drug-likeness (QED) is 0.380. The molecule has 3 aromatic rings. The van der Waals surface area contributed by atoms with Gasteiger partial charge >= 0.3 is 0 Å². The number of aromatic nitrogens is 2. The number of nitrogens with zero attached hydrogens (tertiary/aromatic N) is 2. The van der Waals surface area contributed by atoms with Gasteiger partial charge in [0.1, 0.15) is 4.83 Å². The second-order valence-corrected chi connectivity index (χ2v) is 8.51. The molecule has 0 aliphatic rings. The van der Waals surface area contributed by atoms with Crippen molar-refractivity contribution in [2.45, 2.75) is 37.7 Å². The zero-order valence-electron chi connectivity index (χ0n) is 15.5. The van der Waals surface area contributed by atoms with Crippen molar-refractivity contribution in [3.63, 3.8) is 0 Å². The molecule has 1 unspecified atom stereocenters. The molecule has 0 bridgehead atoms. The van der Waals surface area contributed by atoms with Crippen LogP contribution in [-0.2, 0) is 11.3 Å². The van der Waals surface area contributed by atoms with Gasteiger partial charge < -0.3 is 5.32 Å². The molecule has 0 fully saturated rings. The Morgan fingerprint density at radius 3 is 2.93 bits per heavy atom. The first-order valence-electron chi connectivity index (χ1n) is 8.54. The molecule has 1 aromatic carbocycles. The highest BCUT2D eigenvalue weighted by Crippen LogP contribution is 2.26. The molecule has 0 aliphatic heterocycles. The predicted octanol–water partition coefficient (Wildman–Crippen LogP) is 4.38. The molecule has 0 radical (unpaired) electrons. The molecule has 1 N–H and O–H groups in total. The van der Waals surface area contributed by atoms with Crippen LogP contribution in [-0.4, -0.2) is 20.7 Å². The number of fused-ring (bicyclic) bond motifs is 1. The van der Waals surface area contributed by atoms with Crippen LogP contribution in [0.5, 0.6) is 0 Å². The van der Waals surface area contributed by atoms with Gasteiger partial charge in [-0.25, -0.2) is 4.98 Å². The number of hydrogen-bond acceptors (Lipinski definition) is 5. The number of thioether (sulfide) groups is 1. The largest absolute Gasteiger partial charge is 0.325 e. The molecule has 0 spiro atoms. The Hall–Kier alpha value is -2.38. The molecule has 2 aromatic heterocycles. The lowest BCUT2D eigenvalue weighted by Gasteiger charge is -2.16. The number of amides is 1. The van der Waals surface area contributed by atoms with Crippen molar-refractivity contribution >= 4 is 44.9 Å². The van der Waals surface area contributed by atoms with Crippen molar-refractivity contribution in [1.82, 2.24) is 9.55 Å². The van der Waals surface area contributed by atoms with Crippen LogP contribution in [0, 0.1) is 13.8 Å². The second-order valence-electron chi connectivity index (χ2n) is 6.31. The summed E-state index contributed by atoms with van der Waals surface area (Å²) in [5.74, 6) is -0.126. The number of aryl methyl sites for hydroxylation is 2. The number of carbonyl (C=O) groups excluding carboxylic acids is 1. The number of allylic oxidation sites excluding steroid dienone is 1. The van der Waals surface area contributed by atoms with Crippen molar-refractivity contribution in [2.24, 2.45) is 0 Å². The molecular weight excluding hydrogens is 378 g/mol. The van der Waals surface area contributed by atoms with E-state index in [0.29, 0.717) is 21.9 Å². The number of rotatable bonds is 6. The summed E-state index contributed by atoms with van der Waals surface area (Å²) in [7, 11) is 0. The first-order chi connectivity index (χ1) is 12.9. The number of benzene rings is 1. The first-order valence-corrected chi connectivity index (χ1v) is 10.3. The van der Waals surface area contributed by atoms with E-state index in [1.54, 1.807) is 16.7 Å². The highest BCUT2D eigenvalue weighted by molar-refractivity contribution is 8.00. The lowest BCUT2D eigenvalue weighted by atomic mass is 10.1. The average Bonchev–Trinajstić information content (AvgIpc) is 3.10. The molecule has 0 aliphatic carbocycles. The van der Waals surface area contributed by atoms with Crippen LogP contribution in [0.3, 0.4) is 0 Å². The molecule has 5 nitrogen and oxygen atoms in total. The summed E-state index contributed by atoms with van der Waals surface area (Å²) in [6, 6.07) is 7.72. The second kappa shape index (κ2) is 8.10. The zero-order valence-corrected chi connectivity index (χ0v) is 17.1. The van der Waals surface area contributed by atoms with E-state index >= 15 is 0 Å². The van der Waals surface area contributed by atoms with Crippen LogP contribution in [0.15, 0.2) is 52.3 Å². The maximum atomic E-state index is 12.7. The predicted molar refractivity (Wildman–Crippen MR) is 114 cm³/mol. The molecule has 0 saturated carbocycles. The van der Waals surface area contributed by atoms with Crippen LogP contribution in [0.1, 0.15) is 18.1 Å². The minimum absolute atomic E-state index is 0.106. The van der Waals surface area contributed by atoms with E-state index in [0.717, 1.165) is 16.8 Å². The standard InChI is InChI=1S/C20H21N3O2S2/c1-5-9-23-19(25)15-8-10-26-18(15)22-20(23)27-14(4)17(24)21-16-11-12(2)6-7-13(16)3/h5-8,10-11,14H,1,9H2,2-4H3,(H,21,24). The lowest BCUT2D eigenvalue weighted by Crippen LogP contribution is -2.26. The molecule has 27 heavy (non-hydrogen) atoms. The fraction of sp³-hybridized carbons (Fsp3) is 0.250. The zero-order chi connectivity index (χ0) is 19.6. The lowest BCUT2D eigenvalue weighted by molar-refractivity contribution is -0.115. The first kappa shape index (κ1) is 19.4. The van der Waals surface area contributed by atoms with Gasteiger partial charge in [0, 0.05) is 12.2 Å². The smallest absolute Gasteiger partial charge is 0.263 e. The number of carbonyl (C=O) groups is 1. The Kier molecular flexibility index (Phi) is 5.82. The fourth-order valence-electron chi connectivity index (χ4n) is 2.63. The van der Waals surface area contributed by atoms with E-state index in [9.17, 15) is 9.59 Å². The van der Waals surface area contributed by atoms with Crippen LogP contribution < -0.4 is 10.9 Å². The Morgan fingerprint density at radius 1 is 1.41 bits per heavy atom. The maximum Gasteiger partial charge on any atom is 0.263 e. The highest BCUT2D eigenvalue weighted by atomic mass is 32.2. The number of thiophene rings is 1. The van der Waals surface area contributed by atoms with Gasteiger partial charge in [0.2, 0.25) is 5.91 Å². The Balaban J connectivity index is 1.86. The maximum absolute atomic E-state index is 12.7. The minimum Gasteiger partial charge on any atom is -0.325 e. The Bertz CT molecular complexity index is 1070. The summed E-state index contributed by atoms with van der Waals surface area (Å²) in [5.41, 5.74) is 2.79. The summed E-state index contributed by atoms with van der Waals surface area (Å²) < 4.78 is 1.56. The average molecular weight is 400 g/mol. The number of hydrogen-bond donors (Lipinski definition) is 1. The molecule has 2 heterocycles. The fourth-order valence-corrected chi connectivity index (χ4v) is 4.35. The van der Waals surface area contributed by atoms with Gasteiger partial charge in [-0.1, -0.05) is 30.0 Å². The SMILES string of the molecule is C=CCn1c(SC(C)C(=O)Nc2cc(C)ccc2C)nc2sccc2c1=O. The molecule has 3 rings (SSSR count). The third-order valence-electron chi connectivity index (χ3n) is 4.16. The van der Waals surface area contributed by atoms with Gasteiger partial charge in [-0.15, -0.1) is 17.9 Å². The van der Waals surface area contributed by atoms with Crippen molar-refractivity contribution in [1.29, 1.82) is 0 Å². The number of anilines is 1. The van der Waals surface area contributed by atoms with Gasteiger partial charge in [0.05, 0.1) is 10.6 Å². The molecule has 7 heteroatoms. The van der Waals surface area contributed by atoms with Crippen LogP contribution in [0.4, 0.5) is 5.69 Å². The third-order valence-corrected chi connectivity index (χ3v) is 6.06. The van der Waals surface area contributed by atoms with Gasteiger partial charge in [0.15, 0.2) is 5.16 Å². The highest BCUT2D eigenvalue weighted by Gasteiger charge is 2.20. The van der Waals surface area contributed by atoms with Gasteiger partial charge in [-0.2, -0.15) is 0 Å². The third kappa shape index (κ3) is 4.14.